The van der Waals surface area contributed by atoms with Gasteiger partial charge in [0.1, 0.15) is 0 Å². The lowest BCUT2D eigenvalue weighted by molar-refractivity contribution is -0.0962. The van der Waals surface area contributed by atoms with Crippen molar-refractivity contribution in [2.24, 2.45) is 0 Å². The molecule has 1 spiro atoms. The van der Waals surface area contributed by atoms with E-state index in [1.807, 2.05) is 6.20 Å². The smallest absolute Gasteiger partial charge is 0.0957 e. The summed E-state index contributed by atoms with van der Waals surface area (Å²) in [5.74, 6) is 0. The van der Waals surface area contributed by atoms with Crippen LogP contribution in [0.4, 0.5) is 0 Å². The van der Waals surface area contributed by atoms with Gasteiger partial charge in [0.15, 0.2) is 0 Å². The van der Waals surface area contributed by atoms with Gasteiger partial charge in [0, 0.05) is 44.4 Å². The van der Waals surface area contributed by atoms with E-state index in [9.17, 15) is 0 Å². The summed E-state index contributed by atoms with van der Waals surface area (Å²) >= 11 is 0. The van der Waals surface area contributed by atoms with Gasteiger partial charge >= 0.3 is 0 Å². The van der Waals surface area contributed by atoms with Gasteiger partial charge in [-0.3, -0.25) is 4.68 Å². The van der Waals surface area contributed by atoms with Crippen LogP contribution < -0.4 is 5.32 Å². The molecule has 3 rings (SSSR count). The van der Waals surface area contributed by atoms with Crippen LogP contribution in [0.3, 0.4) is 0 Å². The van der Waals surface area contributed by atoms with E-state index in [0.29, 0.717) is 6.04 Å². The van der Waals surface area contributed by atoms with E-state index in [-0.39, 0.29) is 5.60 Å². The van der Waals surface area contributed by atoms with Crippen LogP contribution in [-0.4, -0.2) is 41.7 Å². The van der Waals surface area contributed by atoms with Gasteiger partial charge in [-0.25, -0.2) is 0 Å². The third-order valence-corrected chi connectivity index (χ3v) is 4.14. The summed E-state index contributed by atoms with van der Waals surface area (Å²) in [6, 6.07) is 0.450. The summed E-state index contributed by atoms with van der Waals surface area (Å²) in [6.07, 6.45) is 7.23. The molecule has 2 aliphatic heterocycles. The number of aromatic nitrogens is 2. The van der Waals surface area contributed by atoms with Gasteiger partial charge in [-0.05, 0) is 13.0 Å². The fourth-order valence-electron chi connectivity index (χ4n) is 3.03. The van der Waals surface area contributed by atoms with E-state index in [2.05, 4.69) is 28.2 Å². The molecule has 2 fully saturated rings. The van der Waals surface area contributed by atoms with Crippen LogP contribution in [0.1, 0.15) is 37.8 Å². The molecule has 2 unspecified atom stereocenters. The molecule has 0 bridgehead atoms. The number of hydrogen-bond donors (Lipinski definition) is 1. The lowest BCUT2D eigenvalue weighted by atomic mass is 9.90. The zero-order valence-electron chi connectivity index (χ0n) is 11.6. The zero-order valence-corrected chi connectivity index (χ0v) is 11.6. The summed E-state index contributed by atoms with van der Waals surface area (Å²) in [6.45, 7) is 6.40. The third kappa shape index (κ3) is 2.83. The highest BCUT2D eigenvalue weighted by atomic mass is 16.6. The van der Waals surface area contributed by atoms with Gasteiger partial charge in [0.25, 0.3) is 0 Å². The predicted molar refractivity (Wildman–Crippen MR) is 72.0 cm³/mol. The van der Waals surface area contributed by atoms with Gasteiger partial charge in [0.2, 0.25) is 0 Å². The highest BCUT2D eigenvalue weighted by Crippen LogP contribution is 2.37. The van der Waals surface area contributed by atoms with Crippen LogP contribution in [0.15, 0.2) is 12.4 Å². The van der Waals surface area contributed by atoms with Gasteiger partial charge in [-0.15, -0.1) is 0 Å². The normalized spacial score (nSPS) is 31.1. The van der Waals surface area contributed by atoms with Crippen LogP contribution in [0.2, 0.25) is 0 Å². The molecule has 2 aliphatic rings. The molecule has 2 atom stereocenters. The van der Waals surface area contributed by atoms with Crippen molar-refractivity contribution in [1.82, 2.24) is 15.1 Å². The highest BCUT2D eigenvalue weighted by molar-refractivity contribution is 5.05. The van der Waals surface area contributed by atoms with Gasteiger partial charge < -0.3 is 14.8 Å². The van der Waals surface area contributed by atoms with Crippen LogP contribution in [0, 0.1) is 0 Å². The Balaban J connectivity index is 1.66. The molecule has 0 aromatic carbocycles. The van der Waals surface area contributed by atoms with Crippen molar-refractivity contribution in [3.05, 3.63) is 18.0 Å². The van der Waals surface area contributed by atoms with E-state index in [4.69, 9.17) is 9.47 Å². The van der Waals surface area contributed by atoms with Crippen LogP contribution in [0.5, 0.6) is 0 Å². The van der Waals surface area contributed by atoms with Crippen LogP contribution >= 0.6 is 0 Å². The van der Waals surface area contributed by atoms with Gasteiger partial charge in [-0.2, -0.15) is 5.10 Å². The Kier molecular flexibility index (Phi) is 3.86. The van der Waals surface area contributed by atoms with Gasteiger partial charge in [0.05, 0.1) is 24.4 Å². The van der Waals surface area contributed by atoms with E-state index >= 15 is 0 Å². The Morgan fingerprint density at radius 3 is 3.26 bits per heavy atom. The number of nitrogens with one attached hydrogen (secondary N) is 1. The summed E-state index contributed by atoms with van der Waals surface area (Å²) in [7, 11) is 0. The Labute approximate surface area is 114 Å². The Bertz CT molecular complexity index is 413. The molecule has 5 heteroatoms. The van der Waals surface area contributed by atoms with Crippen molar-refractivity contribution in [2.45, 2.75) is 44.4 Å². The summed E-state index contributed by atoms with van der Waals surface area (Å²) in [5.41, 5.74) is 1.21. The lowest BCUT2D eigenvalue weighted by Crippen LogP contribution is -2.41. The van der Waals surface area contributed by atoms with Crippen molar-refractivity contribution < 1.29 is 9.47 Å². The van der Waals surface area contributed by atoms with Crippen molar-refractivity contribution >= 4 is 0 Å². The van der Waals surface area contributed by atoms with Crippen LogP contribution in [0.25, 0.3) is 0 Å². The maximum atomic E-state index is 5.97. The number of nitrogens with zero attached hydrogens (tertiary/aromatic N) is 2. The lowest BCUT2D eigenvalue weighted by Gasteiger charge is -2.37. The average molecular weight is 265 g/mol. The van der Waals surface area contributed by atoms with Gasteiger partial charge in [-0.1, -0.05) is 6.92 Å². The first kappa shape index (κ1) is 13.1. The number of hydrogen-bond acceptors (Lipinski definition) is 4. The van der Waals surface area contributed by atoms with Crippen molar-refractivity contribution in [3.63, 3.8) is 0 Å². The molecule has 5 nitrogen and oxygen atoms in total. The molecule has 1 N–H and O–H groups in total. The monoisotopic (exact) mass is 265 g/mol. The minimum Gasteiger partial charge on any atom is -0.378 e. The van der Waals surface area contributed by atoms with Crippen molar-refractivity contribution in [1.29, 1.82) is 0 Å². The molecular weight excluding hydrogens is 242 g/mol. The third-order valence-electron chi connectivity index (χ3n) is 4.14. The van der Waals surface area contributed by atoms with Crippen LogP contribution in [-0.2, 0) is 16.0 Å². The second-order valence-electron chi connectivity index (χ2n) is 5.59. The first-order valence-corrected chi connectivity index (χ1v) is 7.27. The minimum absolute atomic E-state index is 0.0449. The second-order valence-corrected chi connectivity index (χ2v) is 5.59. The first-order valence-electron chi connectivity index (χ1n) is 7.27. The van der Waals surface area contributed by atoms with E-state index in [1.165, 1.54) is 5.56 Å². The molecule has 3 heterocycles. The first-order chi connectivity index (χ1) is 9.31. The minimum atomic E-state index is -0.0449. The Hall–Kier alpha value is -0.910. The van der Waals surface area contributed by atoms with E-state index in [1.54, 1.807) is 0 Å². The Morgan fingerprint density at radius 2 is 2.47 bits per heavy atom. The molecule has 19 heavy (non-hydrogen) atoms. The molecule has 0 amide bonds. The summed E-state index contributed by atoms with van der Waals surface area (Å²) in [5, 5.41) is 7.86. The quantitative estimate of drug-likeness (QED) is 0.896. The van der Waals surface area contributed by atoms with E-state index in [0.717, 1.165) is 52.2 Å². The summed E-state index contributed by atoms with van der Waals surface area (Å²) in [4.78, 5) is 0. The fraction of sp³-hybridized carbons (Fsp3) is 0.786. The molecule has 0 radical (unpaired) electrons. The molecule has 106 valence electrons. The topological polar surface area (TPSA) is 48.3 Å². The highest BCUT2D eigenvalue weighted by Gasteiger charge is 2.41. The largest absolute Gasteiger partial charge is 0.378 e. The van der Waals surface area contributed by atoms with E-state index < -0.39 is 0 Å². The Morgan fingerprint density at radius 1 is 1.53 bits per heavy atom. The van der Waals surface area contributed by atoms with Crippen molar-refractivity contribution in [3.8, 4) is 0 Å². The average Bonchev–Trinajstić information content (AvgIpc) is 3.06. The number of rotatable bonds is 4. The second kappa shape index (κ2) is 5.61. The fourth-order valence-corrected chi connectivity index (χ4v) is 3.03. The molecular formula is C14H23N3O2. The molecule has 0 saturated carbocycles. The standard InChI is InChI=1S/C14H23N3O2/c1-2-15-8-12-9-16-17(10-12)13-3-5-19-14(7-13)4-6-18-11-14/h9-10,13,15H,2-8,11H2,1H3. The molecule has 1 aromatic rings. The predicted octanol–water partition coefficient (Wildman–Crippen LogP) is 1.50. The molecule has 1 aromatic heterocycles. The zero-order chi connectivity index (χ0) is 13.1. The number of ether oxygens (including phenoxy) is 2. The van der Waals surface area contributed by atoms with Crippen molar-refractivity contribution in [2.75, 3.05) is 26.4 Å². The maximum Gasteiger partial charge on any atom is 0.0957 e. The SMILES string of the molecule is CCNCc1cnn(C2CCOC3(CCOC3)C2)c1. The summed E-state index contributed by atoms with van der Waals surface area (Å²) < 4.78 is 13.6. The maximum absolute atomic E-state index is 5.97. The molecule has 0 aliphatic carbocycles. The molecule has 2 saturated heterocycles.